The van der Waals surface area contributed by atoms with Gasteiger partial charge >= 0.3 is 0 Å². The fourth-order valence-electron chi connectivity index (χ4n) is 4.68. The second kappa shape index (κ2) is 9.79. The van der Waals surface area contributed by atoms with Gasteiger partial charge in [0.2, 0.25) is 0 Å². The monoisotopic (exact) mass is 538 g/mol. The van der Waals surface area contributed by atoms with Crippen molar-refractivity contribution in [2.24, 2.45) is 0 Å². The lowest BCUT2D eigenvalue weighted by Crippen LogP contribution is -2.41. The SMILES string of the molecule is Cc1cc([C@@H](C)Nc2ccc(Cl)nc2N2CCS(=O)(=O)CC2)c2oc(-c3cccnc3)c(C)c(=O)c2c1. The Labute approximate surface area is 220 Å². The highest BCUT2D eigenvalue weighted by atomic mass is 35.5. The maximum absolute atomic E-state index is 13.4. The van der Waals surface area contributed by atoms with Crippen molar-refractivity contribution >= 4 is 43.9 Å². The molecule has 8 nitrogen and oxygen atoms in total. The number of benzene rings is 1. The summed E-state index contributed by atoms with van der Waals surface area (Å²) in [7, 11) is -3.05. The number of hydrogen-bond donors (Lipinski definition) is 1. The molecule has 192 valence electrons. The maximum Gasteiger partial charge on any atom is 0.196 e. The Bertz CT molecular complexity index is 1640. The largest absolute Gasteiger partial charge is 0.455 e. The van der Waals surface area contributed by atoms with Crippen LogP contribution in [0.5, 0.6) is 0 Å². The topological polar surface area (TPSA) is 105 Å². The van der Waals surface area contributed by atoms with Gasteiger partial charge in [-0.05, 0) is 56.7 Å². The van der Waals surface area contributed by atoms with Gasteiger partial charge in [-0.3, -0.25) is 9.78 Å². The van der Waals surface area contributed by atoms with Gasteiger partial charge in [0.25, 0.3) is 0 Å². The van der Waals surface area contributed by atoms with E-state index in [9.17, 15) is 13.2 Å². The standard InChI is InChI=1S/C27H27ClN4O4S/c1-16-13-20(26-21(14-16)24(33)17(2)25(36-26)19-5-4-8-29-15-19)18(3)30-22-6-7-23(28)31-27(22)32-9-11-37(34,35)12-10-32/h4-8,13-15,18,30H,9-12H2,1-3H3/t18-/m1/s1. The second-order valence-electron chi connectivity index (χ2n) is 9.37. The minimum absolute atomic E-state index is 0.0698. The summed E-state index contributed by atoms with van der Waals surface area (Å²) in [6, 6.07) is 10.8. The number of fused-ring (bicyclic) bond motifs is 1. The van der Waals surface area contributed by atoms with E-state index in [1.807, 2.05) is 43.0 Å². The third-order valence-electron chi connectivity index (χ3n) is 6.64. The molecule has 3 aromatic heterocycles. The summed E-state index contributed by atoms with van der Waals surface area (Å²) in [5.74, 6) is 1.23. The summed E-state index contributed by atoms with van der Waals surface area (Å²) < 4.78 is 30.3. The van der Waals surface area contributed by atoms with Crippen LogP contribution in [0.3, 0.4) is 0 Å². The molecule has 0 saturated carbocycles. The zero-order chi connectivity index (χ0) is 26.3. The number of halogens is 1. The highest BCUT2D eigenvalue weighted by Crippen LogP contribution is 2.34. The fraction of sp³-hybridized carbons (Fsp3) is 0.296. The molecule has 1 N–H and O–H groups in total. The van der Waals surface area contributed by atoms with Crippen LogP contribution in [0.4, 0.5) is 11.5 Å². The summed E-state index contributed by atoms with van der Waals surface area (Å²) in [5.41, 5.74) is 4.16. The van der Waals surface area contributed by atoms with Gasteiger partial charge in [-0.15, -0.1) is 0 Å². The van der Waals surface area contributed by atoms with E-state index in [0.717, 1.165) is 16.7 Å². The van der Waals surface area contributed by atoms with Crippen molar-refractivity contribution in [3.05, 3.63) is 80.9 Å². The van der Waals surface area contributed by atoms with Gasteiger partial charge in [0.1, 0.15) is 16.5 Å². The van der Waals surface area contributed by atoms with Gasteiger partial charge in [-0.2, -0.15) is 0 Å². The number of rotatable bonds is 5. The van der Waals surface area contributed by atoms with Crippen LogP contribution in [-0.2, 0) is 9.84 Å². The Morgan fingerprint density at radius 1 is 1.14 bits per heavy atom. The highest BCUT2D eigenvalue weighted by Gasteiger charge is 2.26. The first-order valence-electron chi connectivity index (χ1n) is 12.0. The van der Waals surface area contributed by atoms with Gasteiger partial charge in [0.15, 0.2) is 21.1 Å². The van der Waals surface area contributed by atoms with Gasteiger partial charge in [0, 0.05) is 42.2 Å². The molecule has 1 fully saturated rings. The van der Waals surface area contributed by atoms with Crippen molar-refractivity contribution < 1.29 is 12.8 Å². The van der Waals surface area contributed by atoms with Crippen LogP contribution in [0.1, 0.15) is 29.7 Å². The first kappa shape index (κ1) is 25.2. The van der Waals surface area contributed by atoms with Crippen LogP contribution >= 0.6 is 11.6 Å². The second-order valence-corrected chi connectivity index (χ2v) is 12.1. The zero-order valence-corrected chi connectivity index (χ0v) is 22.4. The van der Waals surface area contributed by atoms with E-state index in [1.165, 1.54) is 0 Å². The lowest BCUT2D eigenvalue weighted by molar-refractivity contribution is 0.586. The van der Waals surface area contributed by atoms with Crippen LogP contribution < -0.4 is 15.6 Å². The van der Waals surface area contributed by atoms with Crippen LogP contribution in [0, 0.1) is 13.8 Å². The quantitative estimate of drug-likeness (QED) is 0.357. The first-order chi connectivity index (χ1) is 17.6. The van der Waals surface area contributed by atoms with Gasteiger partial charge in [-0.25, -0.2) is 13.4 Å². The Balaban J connectivity index is 1.57. The molecule has 0 radical (unpaired) electrons. The number of aryl methyl sites for hydroxylation is 1. The first-order valence-corrected chi connectivity index (χ1v) is 14.2. The molecule has 4 heterocycles. The predicted molar refractivity (Wildman–Crippen MR) is 147 cm³/mol. The van der Waals surface area contributed by atoms with Crippen molar-refractivity contribution in [1.82, 2.24) is 9.97 Å². The number of sulfone groups is 1. The lowest BCUT2D eigenvalue weighted by atomic mass is 9.99. The summed E-state index contributed by atoms with van der Waals surface area (Å²) in [6.07, 6.45) is 3.35. The third kappa shape index (κ3) is 5.06. The fourth-order valence-corrected chi connectivity index (χ4v) is 6.02. The van der Waals surface area contributed by atoms with E-state index < -0.39 is 9.84 Å². The van der Waals surface area contributed by atoms with E-state index in [2.05, 4.69) is 15.3 Å². The maximum atomic E-state index is 13.4. The predicted octanol–water partition coefficient (Wildman–Crippen LogP) is 4.93. The van der Waals surface area contributed by atoms with Crippen LogP contribution in [0.25, 0.3) is 22.3 Å². The minimum atomic E-state index is -3.05. The number of nitrogens with zero attached hydrogens (tertiary/aromatic N) is 3. The summed E-state index contributed by atoms with van der Waals surface area (Å²) in [5, 5.41) is 4.34. The Morgan fingerprint density at radius 3 is 2.59 bits per heavy atom. The zero-order valence-electron chi connectivity index (χ0n) is 20.8. The van der Waals surface area contributed by atoms with Crippen LogP contribution in [0.15, 0.2) is 58.0 Å². The Kier molecular flexibility index (Phi) is 6.68. The molecule has 1 aliphatic heterocycles. The Morgan fingerprint density at radius 2 is 1.89 bits per heavy atom. The molecule has 0 spiro atoms. The van der Waals surface area contributed by atoms with Gasteiger partial charge in [-0.1, -0.05) is 17.7 Å². The minimum Gasteiger partial charge on any atom is -0.455 e. The van der Waals surface area contributed by atoms with Crippen molar-refractivity contribution in [3.63, 3.8) is 0 Å². The summed E-state index contributed by atoms with van der Waals surface area (Å²) in [6.45, 7) is 6.38. The number of nitrogens with one attached hydrogen (secondary N) is 1. The molecule has 1 saturated heterocycles. The molecule has 0 amide bonds. The Hall–Kier alpha value is -3.43. The van der Waals surface area contributed by atoms with Crippen LogP contribution in [-0.4, -0.2) is 43.0 Å². The molecule has 10 heteroatoms. The number of hydrogen-bond acceptors (Lipinski definition) is 8. The molecule has 0 aliphatic carbocycles. The molecule has 5 rings (SSSR count). The van der Waals surface area contributed by atoms with E-state index in [1.54, 1.807) is 31.5 Å². The van der Waals surface area contributed by atoms with Crippen molar-refractivity contribution in [2.45, 2.75) is 26.8 Å². The molecule has 1 atom stereocenters. The highest BCUT2D eigenvalue weighted by molar-refractivity contribution is 7.91. The number of aromatic nitrogens is 2. The molecule has 37 heavy (non-hydrogen) atoms. The average molecular weight is 539 g/mol. The van der Waals surface area contributed by atoms with E-state index in [0.29, 0.717) is 52.0 Å². The normalized spacial score (nSPS) is 16.1. The molecule has 0 bridgehead atoms. The molecular formula is C27H27ClN4O4S. The van der Waals surface area contributed by atoms with Crippen molar-refractivity contribution in [1.29, 1.82) is 0 Å². The lowest BCUT2D eigenvalue weighted by Gasteiger charge is -2.30. The van der Waals surface area contributed by atoms with E-state index in [-0.39, 0.29) is 23.0 Å². The molecule has 4 aromatic rings. The molecule has 0 unspecified atom stereocenters. The number of anilines is 2. The molecule has 1 aliphatic rings. The summed E-state index contributed by atoms with van der Waals surface area (Å²) >= 11 is 6.21. The van der Waals surface area contributed by atoms with Gasteiger partial charge < -0.3 is 14.6 Å². The third-order valence-corrected chi connectivity index (χ3v) is 8.46. The van der Waals surface area contributed by atoms with Crippen molar-refractivity contribution in [2.75, 3.05) is 34.8 Å². The van der Waals surface area contributed by atoms with E-state index >= 15 is 0 Å². The smallest absolute Gasteiger partial charge is 0.196 e. The average Bonchev–Trinajstić information content (AvgIpc) is 2.87. The van der Waals surface area contributed by atoms with Gasteiger partial charge in [0.05, 0.1) is 28.6 Å². The van der Waals surface area contributed by atoms with E-state index in [4.69, 9.17) is 16.0 Å². The summed E-state index contributed by atoms with van der Waals surface area (Å²) in [4.78, 5) is 24.0. The number of pyridine rings is 2. The molecule has 1 aromatic carbocycles. The molecular weight excluding hydrogens is 512 g/mol. The van der Waals surface area contributed by atoms with Crippen molar-refractivity contribution in [3.8, 4) is 11.3 Å². The van der Waals surface area contributed by atoms with Crippen LogP contribution in [0.2, 0.25) is 5.15 Å².